The number of aromatic nitrogens is 2. The molecular formula is C14H16ClN3O5S2. The molecule has 2 rings (SSSR count). The minimum absolute atomic E-state index is 0.0954. The lowest BCUT2D eigenvalue weighted by molar-refractivity contribution is 0.466. The van der Waals surface area contributed by atoms with Crippen LogP contribution >= 0.6 is 11.6 Å². The summed E-state index contributed by atoms with van der Waals surface area (Å²) < 4.78 is 49.1. The van der Waals surface area contributed by atoms with Crippen LogP contribution in [0, 0.1) is 0 Å². The SMILES string of the molecule is CN(C)c1ncc(S(=O)(=O)Cc2ncc(Cl)cc2O)cc1S(C)(=O)=O. The van der Waals surface area contributed by atoms with Crippen LogP contribution in [0.15, 0.2) is 34.3 Å². The van der Waals surface area contributed by atoms with Crippen molar-refractivity contribution in [2.75, 3.05) is 25.3 Å². The van der Waals surface area contributed by atoms with Crippen molar-refractivity contribution in [3.63, 3.8) is 0 Å². The highest BCUT2D eigenvalue weighted by molar-refractivity contribution is 7.91. The van der Waals surface area contributed by atoms with Crippen LogP contribution in [0.1, 0.15) is 5.69 Å². The number of aromatic hydroxyl groups is 1. The quantitative estimate of drug-likeness (QED) is 0.790. The number of sulfone groups is 2. The molecule has 0 saturated carbocycles. The number of hydrogen-bond acceptors (Lipinski definition) is 8. The number of anilines is 1. The zero-order valence-electron chi connectivity index (χ0n) is 13.6. The Bertz CT molecular complexity index is 1020. The second kappa shape index (κ2) is 6.77. The molecular weight excluding hydrogens is 390 g/mol. The highest BCUT2D eigenvalue weighted by Crippen LogP contribution is 2.28. The van der Waals surface area contributed by atoms with Crippen molar-refractivity contribution in [3.05, 3.63) is 35.2 Å². The molecule has 2 aromatic heterocycles. The molecule has 0 radical (unpaired) electrons. The van der Waals surface area contributed by atoms with E-state index in [0.29, 0.717) is 0 Å². The second-order valence-corrected chi connectivity index (χ2v) is 9.95. The molecule has 8 nitrogen and oxygen atoms in total. The maximum Gasteiger partial charge on any atom is 0.185 e. The van der Waals surface area contributed by atoms with Crippen LogP contribution < -0.4 is 4.90 Å². The number of nitrogens with zero attached hydrogens (tertiary/aromatic N) is 3. The van der Waals surface area contributed by atoms with Gasteiger partial charge in [-0.3, -0.25) is 4.98 Å². The van der Waals surface area contributed by atoms with Gasteiger partial charge in [0.15, 0.2) is 19.7 Å². The fourth-order valence-corrected chi connectivity index (χ4v) is 4.42. The number of pyridine rings is 2. The van der Waals surface area contributed by atoms with Crippen molar-refractivity contribution in [1.29, 1.82) is 0 Å². The van der Waals surface area contributed by atoms with E-state index in [2.05, 4.69) is 9.97 Å². The van der Waals surface area contributed by atoms with E-state index in [4.69, 9.17) is 11.6 Å². The molecule has 0 unspecified atom stereocenters. The van der Waals surface area contributed by atoms with E-state index >= 15 is 0 Å². The number of halogens is 1. The van der Waals surface area contributed by atoms with E-state index in [0.717, 1.165) is 18.5 Å². The van der Waals surface area contributed by atoms with E-state index in [1.165, 1.54) is 17.2 Å². The van der Waals surface area contributed by atoms with Crippen LogP contribution in [0.4, 0.5) is 5.82 Å². The summed E-state index contributed by atoms with van der Waals surface area (Å²) in [5, 5.41) is 9.93. The summed E-state index contributed by atoms with van der Waals surface area (Å²) in [7, 11) is -4.49. The molecule has 1 N–H and O–H groups in total. The predicted octanol–water partition coefficient (Wildman–Crippen LogP) is 1.28. The van der Waals surface area contributed by atoms with E-state index < -0.39 is 25.4 Å². The summed E-state index contributed by atoms with van der Waals surface area (Å²) in [6.45, 7) is 0. The lowest BCUT2D eigenvalue weighted by Crippen LogP contribution is -2.17. The van der Waals surface area contributed by atoms with Gasteiger partial charge in [-0.2, -0.15) is 0 Å². The molecule has 0 aliphatic rings. The summed E-state index contributed by atoms with van der Waals surface area (Å²) in [4.78, 5) is 8.74. The Morgan fingerprint density at radius 1 is 1.12 bits per heavy atom. The molecule has 0 amide bonds. The van der Waals surface area contributed by atoms with Gasteiger partial charge in [0.1, 0.15) is 22.2 Å². The molecule has 0 aliphatic heterocycles. The van der Waals surface area contributed by atoms with Crippen molar-refractivity contribution in [2.24, 2.45) is 0 Å². The average molecular weight is 406 g/mol. The molecule has 0 aliphatic carbocycles. The van der Waals surface area contributed by atoms with Crippen LogP contribution in [-0.4, -0.2) is 52.3 Å². The molecule has 0 aromatic carbocycles. The Labute approximate surface area is 150 Å². The number of rotatable bonds is 5. The molecule has 11 heteroatoms. The molecule has 0 fully saturated rings. The van der Waals surface area contributed by atoms with Crippen LogP contribution in [0.2, 0.25) is 5.02 Å². The third kappa shape index (κ3) is 4.39. The molecule has 25 heavy (non-hydrogen) atoms. The van der Waals surface area contributed by atoms with Gasteiger partial charge in [-0.05, 0) is 6.07 Å². The Morgan fingerprint density at radius 2 is 1.76 bits per heavy atom. The normalized spacial score (nSPS) is 12.2. The van der Waals surface area contributed by atoms with Crippen molar-refractivity contribution >= 4 is 37.1 Å². The Kier molecular flexibility index (Phi) is 5.26. The minimum Gasteiger partial charge on any atom is -0.506 e. The molecule has 136 valence electrons. The fraction of sp³-hybridized carbons (Fsp3) is 0.286. The molecule has 2 heterocycles. The van der Waals surface area contributed by atoms with Crippen molar-refractivity contribution in [3.8, 4) is 5.75 Å². The maximum atomic E-state index is 12.6. The summed E-state index contributed by atoms with van der Waals surface area (Å²) in [6.07, 6.45) is 3.26. The van der Waals surface area contributed by atoms with Gasteiger partial charge in [-0.25, -0.2) is 21.8 Å². The van der Waals surface area contributed by atoms with Gasteiger partial charge < -0.3 is 10.0 Å². The lowest BCUT2D eigenvalue weighted by atomic mass is 10.3. The highest BCUT2D eigenvalue weighted by Gasteiger charge is 2.24. The van der Waals surface area contributed by atoms with E-state index in [9.17, 15) is 21.9 Å². The van der Waals surface area contributed by atoms with Crippen molar-refractivity contribution < 1.29 is 21.9 Å². The first kappa shape index (κ1) is 19.4. The van der Waals surface area contributed by atoms with Crippen molar-refractivity contribution in [2.45, 2.75) is 15.5 Å². The fourth-order valence-electron chi connectivity index (χ4n) is 2.03. The molecule has 0 bridgehead atoms. The van der Waals surface area contributed by atoms with E-state index in [-0.39, 0.29) is 32.1 Å². The summed E-state index contributed by atoms with van der Waals surface area (Å²) in [5.74, 6) is -0.853. The zero-order valence-corrected chi connectivity index (χ0v) is 16.0. The first-order chi connectivity index (χ1) is 11.4. The Hall–Kier alpha value is -1.91. The van der Waals surface area contributed by atoms with E-state index in [1.807, 2.05) is 0 Å². The lowest BCUT2D eigenvalue weighted by Gasteiger charge is -2.16. The van der Waals surface area contributed by atoms with Crippen LogP contribution in [0.5, 0.6) is 5.75 Å². The predicted molar refractivity (Wildman–Crippen MR) is 93.5 cm³/mol. The van der Waals surface area contributed by atoms with Gasteiger partial charge in [0, 0.05) is 38.8 Å². The molecule has 0 spiro atoms. The highest BCUT2D eigenvalue weighted by atomic mass is 35.5. The standard InChI is InChI=1S/C14H16ClN3O5S2/c1-18(2)14-13(24(3,20)21)5-10(7-17-14)25(22,23)8-11-12(19)4-9(15)6-16-11/h4-7,19H,8H2,1-3H3. The van der Waals surface area contributed by atoms with Gasteiger partial charge in [0.2, 0.25) is 0 Å². The van der Waals surface area contributed by atoms with Gasteiger partial charge >= 0.3 is 0 Å². The minimum atomic E-state index is -3.98. The third-order valence-electron chi connectivity index (χ3n) is 3.23. The second-order valence-electron chi connectivity index (χ2n) is 5.54. The molecule has 0 atom stereocenters. The zero-order chi connectivity index (χ0) is 19.0. The third-order valence-corrected chi connectivity index (χ3v) is 6.13. The van der Waals surface area contributed by atoms with Gasteiger partial charge in [0.25, 0.3) is 0 Å². The summed E-state index contributed by atoms with van der Waals surface area (Å²) in [5.41, 5.74) is -0.0954. The summed E-state index contributed by atoms with van der Waals surface area (Å²) in [6, 6.07) is 2.23. The average Bonchev–Trinajstić information content (AvgIpc) is 2.48. The van der Waals surface area contributed by atoms with Crippen molar-refractivity contribution in [1.82, 2.24) is 9.97 Å². The largest absolute Gasteiger partial charge is 0.506 e. The van der Waals surface area contributed by atoms with Gasteiger partial charge in [-0.15, -0.1) is 0 Å². The summed E-state index contributed by atoms with van der Waals surface area (Å²) >= 11 is 5.67. The first-order valence-corrected chi connectivity index (χ1v) is 10.8. The smallest absolute Gasteiger partial charge is 0.185 e. The van der Waals surface area contributed by atoms with Gasteiger partial charge in [0.05, 0.1) is 15.6 Å². The first-order valence-electron chi connectivity index (χ1n) is 6.85. The van der Waals surface area contributed by atoms with Gasteiger partial charge in [-0.1, -0.05) is 11.6 Å². The Morgan fingerprint density at radius 3 is 2.28 bits per heavy atom. The molecule has 2 aromatic rings. The van der Waals surface area contributed by atoms with Crippen LogP contribution in [0.25, 0.3) is 0 Å². The Balaban J connectivity index is 2.53. The molecule has 0 saturated heterocycles. The van der Waals surface area contributed by atoms with E-state index in [1.54, 1.807) is 14.1 Å². The maximum absolute atomic E-state index is 12.6. The topological polar surface area (TPSA) is 118 Å². The number of hydrogen-bond donors (Lipinski definition) is 1. The van der Waals surface area contributed by atoms with Crippen LogP contribution in [-0.2, 0) is 25.4 Å². The van der Waals surface area contributed by atoms with Crippen LogP contribution in [0.3, 0.4) is 0 Å². The monoisotopic (exact) mass is 405 g/mol.